The number of imide groups is 1. The molecule has 182 valence electrons. The zero-order chi connectivity index (χ0) is 23.9. The normalized spacial score (nSPS) is 21.8. The van der Waals surface area contributed by atoms with Crippen LogP contribution in [0.15, 0.2) is 42.7 Å². The first-order chi connectivity index (χ1) is 16.4. The van der Waals surface area contributed by atoms with Gasteiger partial charge >= 0.3 is 6.03 Å². The molecule has 0 bridgehead atoms. The molecule has 0 N–H and O–H groups in total. The smallest absolute Gasteiger partial charge is 0.309 e. The molecule has 0 saturated carbocycles. The van der Waals surface area contributed by atoms with Gasteiger partial charge in [-0.15, -0.1) is 0 Å². The molecule has 2 aromatic rings. The Hall–Kier alpha value is -2.67. The van der Waals surface area contributed by atoms with Gasteiger partial charge in [0.05, 0.1) is 0 Å². The fourth-order valence-corrected chi connectivity index (χ4v) is 6.15. The summed E-state index contributed by atoms with van der Waals surface area (Å²) < 4.78 is 1.98. The summed E-state index contributed by atoms with van der Waals surface area (Å²) in [5.41, 5.74) is 1.85. The van der Waals surface area contributed by atoms with Crippen LogP contribution in [0.2, 0.25) is 0 Å². The molecule has 3 heterocycles. The highest BCUT2D eigenvalue weighted by Crippen LogP contribution is 2.41. The topological polar surface area (TPSA) is 61.7 Å². The van der Waals surface area contributed by atoms with Crippen LogP contribution in [0, 0.1) is 5.92 Å². The molecule has 1 spiro atoms. The molecule has 34 heavy (non-hydrogen) atoms. The van der Waals surface area contributed by atoms with Gasteiger partial charge in [0.15, 0.2) is 0 Å². The third-order valence-corrected chi connectivity index (χ3v) is 8.10. The predicted octanol–water partition coefficient (Wildman–Crippen LogP) is 3.58. The summed E-state index contributed by atoms with van der Waals surface area (Å²) in [6.45, 7) is 9.73. The monoisotopic (exact) mass is 463 g/mol. The highest BCUT2D eigenvalue weighted by Gasteiger charge is 2.59. The van der Waals surface area contributed by atoms with E-state index in [4.69, 9.17) is 0 Å². The molecule has 2 fully saturated rings. The quantitative estimate of drug-likeness (QED) is 0.589. The Bertz CT molecular complexity index is 1000. The lowest BCUT2D eigenvalue weighted by molar-refractivity contribution is -0.137. The Labute approximate surface area is 202 Å². The molecule has 3 aliphatic rings. The maximum absolute atomic E-state index is 14.0. The van der Waals surface area contributed by atoms with Gasteiger partial charge in [0.2, 0.25) is 0 Å². The van der Waals surface area contributed by atoms with Crippen molar-refractivity contribution in [3.8, 4) is 0 Å². The summed E-state index contributed by atoms with van der Waals surface area (Å²) >= 11 is 0. The van der Waals surface area contributed by atoms with Gasteiger partial charge in [-0.3, -0.25) is 14.4 Å². The Morgan fingerprint density at radius 1 is 1.03 bits per heavy atom. The number of rotatable bonds is 7. The fourth-order valence-electron chi connectivity index (χ4n) is 6.15. The lowest BCUT2D eigenvalue weighted by Crippen LogP contribution is -2.58. The van der Waals surface area contributed by atoms with E-state index in [0.717, 1.165) is 38.9 Å². The summed E-state index contributed by atoms with van der Waals surface area (Å²) in [5.74, 6) is 0.361. The number of aromatic nitrogens is 2. The van der Waals surface area contributed by atoms with E-state index in [-0.39, 0.29) is 18.0 Å². The number of amides is 3. The summed E-state index contributed by atoms with van der Waals surface area (Å²) in [7, 11) is 0. The van der Waals surface area contributed by atoms with Crippen molar-refractivity contribution in [2.75, 3.05) is 19.6 Å². The summed E-state index contributed by atoms with van der Waals surface area (Å²) in [6, 6.07) is 10.6. The van der Waals surface area contributed by atoms with Crippen molar-refractivity contribution in [2.45, 2.75) is 77.0 Å². The molecule has 0 unspecified atom stereocenters. The van der Waals surface area contributed by atoms with E-state index in [9.17, 15) is 9.59 Å². The number of urea groups is 1. The van der Waals surface area contributed by atoms with Crippen LogP contribution in [0.25, 0.3) is 0 Å². The highest BCUT2D eigenvalue weighted by atomic mass is 16.2. The maximum atomic E-state index is 14.0. The molecule has 1 atom stereocenters. The van der Waals surface area contributed by atoms with E-state index in [1.165, 1.54) is 11.1 Å². The number of hydrogen-bond donors (Lipinski definition) is 0. The molecule has 0 radical (unpaired) electrons. The second kappa shape index (κ2) is 9.17. The van der Waals surface area contributed by atoms with Crippen LogP contribution in [0.4, 0.5) is 4.79 Å². The third kappa shape index (κ3) is 4.04. The van der Waals surface area contributed by atoms with Gasteiger partial charge in [0, 0.05) is 50.7 Å². The van der Waals surface area contributed by atoms with E-state index in [1.54, 1.807) is 4.90 Å². The van der Waals surface area contributed by atoms with Crippen molar-refractivity contribution in [1.82, 2.24) is 24.5 Å². The van der Waals surface area contributed by atoms with Gasteiger partial charge in [0.1, 0.15) is 5.54 Å². The van der Waals surface area contributed by atoms with E-state index in [0.29, 0.717) is 31.3 Å². The molecule has 1 aliphatic carbocycles. The van der Waals surface area contributed by atoms with Crippen LogP contribution in [0.1, 0.15) is 51.2 Å². The minimum absolute atomic E-state index is 0.0415. The number of piperidine rings is 1. The van der Waals surface area contributed by atoms with Crippen LogP contribution < -0.4 is 0 Å². The van der Waals surface area contributed by atoms with E-state index >= 15 is 0 Å². The maximum Gasteiger partial charge on any atom is 0.327 e. The standard InChI is InChI=1S/C27H37N5O2/c1-20(2)19-31-26(34)32(24-17-22-7-4-5-8-23(22)18-24)25(33)27(31)10-15-29(16-11-27)21(3)9-14-30-13-6-12-28-30/h4-8,12-13,20-21,24H,9-11,14-19H2,1-3H3/t21-/m0/s1. The summed E-state index contributed by atoms with van der Waals surface area (Å²) in [5, 5.41) is 4.31. The number of benzene rings is 1. The first-order valence-electron chi connectivity index (χ1n) is 12.8. The van der Waals surface area contributed by atoms with Crippen LogP contribution in [0.5, 0.6) is 0 Å². The summed E-state index contributed by atoms with van der Waals surface area (Å²) in [4.78, 5) is 33.8. The fraction of sp³-hybridized carbons (Fsp3) is 0.593. The lowest BCUT2D eigenvalue weighted by atomic mass is 9.84. The lowest BCUT2D eigenvalue weighted by Gasteiger charge is -2.44. The molecule has 1 aromatic carbocycles. The predicted molar refractivity (Wildman–Crippen MR) is 131 cm³/mol. The Balaban J connectivity index is 1.30. The van der Waals surface area contributed by atoms with Crippen LogP contribution in [0.3, 0.4) is 0 Å². The Kier molecular flexibility index (Phi) is 6.23. The summed E-state index contributed by atoms with van der Waals surface area (Å²) in [6.07, 6.45) is 7.81. The van der Waals surface area contributed by atoms with E-state index in [2.05, 4.69) is 42.9 Å². The molecule has 3 amide bonds. The number of fused-ring (bicyclic) bond motifs is 1. The average Bonchev–Trinajstić information content (AvgIpc) is 3.54. The van der Waals surface area contributed by atoms with Crippen LogP contribution >= 0.6 is 0 Å². The zero-order valence-electron chi connectivity index (χ0n) is 20.7. The van der Waals surface area contributed by atoms with E-state index < -0.39 is 5.54 Å². The minimum atomic E-state index is -0.686. The molecule has 5 rings (SSSR count). The van der Waals surface area contributed by atoms with Gasteiger partial charge in [-0.1, -0.05) is 38.1 Å². The first kappa shape index (κ1) is 23.1. The number of hydrogen-bond acceptors (Lipinski definition) is 4. The number of carbonyl (C=O) groups excluding carboxylic acids is 2. The minimum Gasteiger partial charge on any atom is -0.309 e. The van der Waals surface area contributed by atoms with Crippen molar-refractivity contribution >= 4 is 11.9 Å². The Morgan fingerprint density at radius 2 is 1.71 bits per heavy atom. The van der Waals surface area contributed by atoms with Gasteiger partial charge in [0.25, 0.3) is 5.91 Å². The van der Waals surface area contributed by atoms with Crippen molar-refractivity contribution in [3.05, 3.63) is 53.9 Å². The molecule has 2 saturated heterocycles. The SMILES string of the molecule is CC(C)CN1C(=O)N(C2Cc3ccccc3C2)C(=O)C12CCN([C@@H](C)CCn1cccn1)CC2. The van der Waals surface area contributed by atoms with Crippen molar-refractivity contribution in [1.29, 1.82) is 0 Å². The van der Waals surface area contributed by atoms with Gasteiger partial charge in [-0.2, -0.15) is 5.10 Å². The Morgan fingerprint density at radius 3 is 2.29 bits per heavy atom. The molecular formula is C27H37N5O2. The molecular weight excluding hydrogens is 426 g/mol. The highest BCUT2D eigenvalue weighted by molar-refractivity contribution is 6.07. The van der Waals surface area contributed by atoms with Gasteiger partial charge in [-0.25, -0.2) is 4.79 Å². The number of aryl methyl sites for hydroxylation is 1. The second-order valence-electron chi connectivity index (χ2n) is 10.8. The van der Waals surface area contributed by atoms with Crippen molar-refractivity contribution < 1.29 is 9.59 Å². The van der Waals surface area contributed by atoms with Crippen molar-refractivity contribution in [2.24, 2.45) is 5.92 Å². The number of carbonyl (C=O) groups is 2. The average molecular weight is 464 g/mol. The van der Waals surface area contributed by atoms with Crippen LogP contribution in [-0.2, 0) is 24.2 Å². The first-order valence-corrected chi connectivity index (χ1v) is 12.8. The van der Waals surface area contributed by atoms with Crippen molar-refractivity contribution in [3.63, 3.8) is 0 Å². The largest absolute Gasteiger partial charge is 0.327 e. The second-order valence-corrected chi connectivity index (χ2v) is 10.8. The molecule has 7 nitrogen and oxygen atoms in total. The zero-order valence-corrected chi connectivity index (χ0v) is 20.7. The number of nitrogens with zero attached hydrogens (tertiary/aromatic N) is 5. The third-order valence-electron chi connectivity index (χ3n) is 8.10. The molecule has 2 aliphatic heterocycles. The molecule has 1 aromatic heterocycles. The van der Waals surface area contributed by atoms with E-state index in [1.807, 2.05) is 40.2 Å². The van der Waals surface area contributed by atoms with Crippen LogP contribution in [-0.4, -0.2) is 73.7 Å². The van der Waals surface area contributed by atoms with Gasteiger partial charge < -0.3 is 9.80 Å². The number of likely N-dealkylation sites (tertiary alicyclic amines) is 1. The van der Waals surface area contributed by atoms with Gasteiger partial charge in [-0.05, 0) is 62.1 Å². The molecule has 7 heteroatoms.